The van der Waals surface area contributed by atoms with Crippen molar-refractivity contribution in [1.82, 2.24) is 0 Å². The van der Waals surface area contributed by atoms with Crippen molar-refractivity contribution in [2.75, 3.05) is 11.5 Å². The van der Waals surface area contributed by atoms with E-state index in [0.29, 0.717) is 29.4 Å². The van der Waals surface area contributed by atoms with Crippen LogP contribution in [0.1, 0.15) is 114 Å². The maximum atomic E-state index is 12.9. The maximum Gasteiger partial charge on any atom is 0.453 e. The average Bonchev–Trinajstić information content (AvgIpc) is 3.20. The number of hydrogen-bond acceptors (Lipinski definition) is 2. The summed E-state index contributed by atoms with van der Waals surface area (Å²) < 4.78 is 74.5. The smallest absolute Gasteiger partial charge is 0.453 e. The number of aliphatic hydroxyl groups excluding tert-OH is 1. The lowest BCUT2D eigenvalue weighted by molar-refractivity contribution is -0.284. The lowest BCUT2D eigenvalue weighted by Crippen LogP contribution is -2.47. The van der Waals surface area contributed by atoms with Gasteiger partial charge in [-0.3, -0.25) is 0 Å². The predicted molar refractivity (Wildman–Crippen MR) is 151 cm³/mol. The number of halogens is 5. The highest BCUT2D eigenvalue weighted by Gasteiger charge is 2.57. The van der Waals surface area contributed by atoms with Gasteiger partial charge in [-0.25, -0.2) is 0 Å². The Morgan fingerprint density at radius 2 is 1.55 bits per heavy atom. The number of benzene rings is 1. The Balaban J connectivity index is 1.13. The number of rotatable bonds is 14. The molecule has 0 bridgehead atoms. The van der Waals surface area contributed by atoms with Gasteiger partial charge in [0.1, 0.15) is 11.5 Å². The molecule has 4 rings (SSSR count). The lowest BCUT2D eigenvalue weighted by Gasteiger charge is -2.53. The van der Waals surface area contributed by atoms with E-state index in [1.54, 1.807) is 5.56 Å². The second kappa shape index (κ2) is 13.6. The standard InChI is InChI=1S/C32H47F5O2S/c1-30-19-17-26-25-14-9-8-12-23(25)22-24(29(26)27(30)15-16-28(30)38)13-7-5-3-2-4-6-10-20-40(39)21-11-18-31(33,34)32(35,36)37/h8-9,12,14,24,26-29,38H,2-7,10-11,13,15-22H2,1H3/t24-,26-,27+,28+,29-,30+,40?/m1/s1. The molecular weight excluding hydrogens is 543 g/mol. The molecule has 1 N–H and O–H groups in total. The van der Waals surface area contributed by atoms with Crippen LogP contribution in [0.3, 0.4) is 0 Å². The maximum absolute atomic E-state index is 12.9. The van der Waals surface area contributed by atoms with Gasteiger partial charge >= 0.3 is 12.1 Å². The molecule has 40 heavy (non-hydrogen) atoms. The quantitative estimate of drug-likeness (QED) is 0.134. The highest BCUT2D eigenvalue weighted by molar-refractivity contribution is 7.91. The summed E-state index contributed by atoms with van der Waals surface area (Å²) >= 11 is -1.34. The van der Waals surface area contributed by atoms with Crippen molar-refractivity contribution in [2.45, 2.75) is 127 Å². The molecule has 1 aromatic carbocycles. The Kier molecular flexibility index (Phi) is 10.9. The van der Waals surface area contributed by atoms with Crippen molar-refractivity contribution in [3.63, 3.8) is 0 Å². The molecule has 0 amide bonds. The van der Waals surface area contributed by atoms with Gasteiger partial charge in [0, 0.05) is 6.42 Å². The third kappa shape index (κ3) is 7.37. The summed E-state index contributed by atoms with van der Waals surface area (Å²) in [5.41, 5.74) is 3.17. The van der Waals surface area contributed by atoms with Crippen LogP contribution in [0.2, 0.25) is 0 Å². The van der Waals surface area contributed by atoms with Crippen LogP contribution in [0.15, 0.2) is 24.3 Å². The minimum Gasteiger partial charge on any atom is -0.616 e. The molecule has 2 fully saturated rings. The number of hydrogen-bond donors (Lipinski definition) is 1. The molecule has 0 heterocycles. The minimum absolute atomic E-state index is 0.0729. The van der Waals surface area contributed by atoms with Gasteiger partial charge in [0.2, 0.25) is 0 Å². The van der Waals surface area contributed by atoms with E-state index in [-0.39, 0.29) is 23.7 Å². The van der Waals surface area contributed by atoms with E-state index >= 15 is 0 Å². The van der Waals surface area contributed by atoms with Crippen LogP contribution < -0.4 is 0 Å². The normalized spacial score (nSPS) is 30.9. The van der Waals surface area contributed by atoms with E-state index in [1.165, 1.54) is 31.2 Å². The zero-order valence-electron chi connectivity index (χ0n) is 23.9. The highest BCUT2D eigenvalue weighted by atomic mass is 32.2. The molecule has 1 unspecified atom stereocenters. The van der Waals surface area contributed by atoms with E-state index in [2.05, 4.69) is 31.2 Å². The molecule has 0 radical (unpaired) electrons. The molecule has 0 saturated heterocycles. The Bertz CT molecular complexity index is 940. The van der Waals surface area contributed by atoms with E-state index in [4.69, 9.17) is 0 Å². The highest BCUT2D eigenvalue weighted by Crippen LogP contribution is 2.62. The fourth-order valence-corrected chi connectivity index (χ4v) is 9.43. The van der Waals surface area contributed by atoms with Crippen LogP contribution in [-0.2, 0) is 17.6 Å². The first-order chi connectivity index (χ1) is 18.9. The fourth-order valence-electron chi connectivity index (χ4n) is 8.23. The lowest BCUT2D eigenvalue weighted by atomic mass is 9.52. The molecule has 1 aromatic rings. The number of fused-ring (bicyclic) bond motifs is 5. The van der Waals surface area contributed by atoms with Gasteiger partial charge in [0.25, 0.3) is 0 Å². The topological polar surface area (TPSA) is 43.3 Å². The molecule has 0 spiro atoms. The van der Waals surface area contributed by atoms with Crippen molar-refractivity contribution in [2.24, 2.45) is 23.2 Å². The van der Waals surface area contributed by atoms with E-state index < -0.39 is 29.7 Å². The summed E-state index contributed by atoms with van der Waals surface area (Å²) in [6.07, 6.45) is 6.79. The number of unbranched alkanes of at least 4 members (excludes halogenated alkanes) is 6. The van der Waals surface area contributed by atoms with Gasteiger partial charge in [0.15, 0.2) is 0 Å². The summed E-state index contributed by atoms with van der Waals surface area (Å²) in [5, 5.41) is 10.8. The van der Waals surface area contributed by atoms with E-state index in [9.17, 15) is 31.6 Å². The molecule has 0 aliphatic heterocycles. The molecule has 2 nitrogen and oxygen atoms in total. The van der Waals surface area contributed by atoms with E-state index in [0.717, 1.165) is 57.8 Å². The number of alkyl halides is 5. The van der Waals surface area contributed by atoms with Crippen LogP contribution in [0.25, 0.3) is 0 Å². The third-order valence-corrected chi connectivity index (χ3v) is 12.0. The fraction of sp³-hybridized carbons (Fsp3) is 0.812. The van der Waals surface area contributed by atoms with Crippen molar-refractivity contribution >= 4 is 11.2 Å². The minimum atomic E-state index is -5.53. The Morgan fingerprint density at radius 3 is 2.27 bits per heavy atom. The summed E-state index contributed by atoms with van der Waals surface area (Å²) in [6.45, 7) is 2.34. The van der Waals surface area contributed by atoms with Crippen molar-refractivity contribution in [3.8, 4) is 0 Å². The molecule has 8 heteroatoms. The first kappa shape index (κ1) is 32.1. The predicted octanol–water partition coefficient (Wildman–Crippen LogP) is 8.98. The summed E-state index contributed by atoms with van der Waals surface area (Å²) in [4.78, 5) is 0. The van der Waals surface area contributed by atoms with Gasteiger partial charge in [-0.2, -0.15) is 22.0 Å². The first-order valence-electron chi connectivity index (χ1n) is 15.5. The van der Waals surface area contributed by atoms with Crippen LogP contribution in [-0.4, -0.2) is 39.4 Å². The molecule has 2 saturated carbocycles. The van der Waals surface area contributed by atoms with Crippen LogP contribution in [0, 0.1) is 23.2 Å². The van der Waals surface area contributed by atoms with Crippen molar-refractivity contribution in [1.29, 1.82) is 0 Å². The Hall–Kier alpha value is -0.860. The van der Waals surface area contributed by atoms with Gasteiger partial charge in [-0.15, -0.1) is 0 Å². The SMILES string of the molecule is C[C@]12CC[C@@H]3c4ccccc4C[C@@H](CCCCCCCCC[S+]([O-])CCCC(F)(F)C(F)(F)F)[C@H]3[C@@H]1CC[C@@H]2O. The van der Waals surface area contributed by atoms with Gasteiger partial charge in [0.05, 0.1) is 6.10 Å². The Labute approximate surface area is 240 Å². The van der Waals surface area contributed by atoms with E-state index in [1.807, 2.05) is 0 Å². The largest absolute Gasteiger partial charge is 0.616 e. The third-order valence-electron chi connectivity index (χ3n) is 10.5. The van der Waals surface area contributed by atoms with Crippen molar-refractivity contribution < 1.29 is 31.6 Å². The van der Waals surface area contributed by atoms with Gasteiger partial charge in [-0.05, 0) is 98.0 Å². The van der Waals surface area contributed by atoms with Gasteiger partial charge < -0.3 is 9.66 Å². The second-order valence-corrected chi connectivity index (χ2v) is 14.7. The number of aliphatic hydroxyl groups is 1. The molecule has 0 aromatic heterocycles. The zero-order chi connectivity index (χ0) is 29.0. The molecule has 228 valence electrons. The summed E-state index contributed by atoms with van der Waals surface area (Å²) in [6, 6.07) is 9.02. The van der Waals surface area contributed by atoms with Crippen LogP contribution >= 0.6 is 0 Å². The van der Waals surface area contributed by atoms with Crippen LogP contribution in [0.4, 0.5) is 22.0 Å². The van der Waals surface area contributed by atoms with Crippen LogP contribution in [0.5, 0.6) is 0 Å². The zero-order valence-corrected chi connectivity index (χ0v) is 24.7. The Morgan fingerprint density at radius 1 is 0.900 bits per heavy atom. The first-order valence-corrected chi connectivity index (χ1v) is 17.0. The molecule has 3 aliphatic rings. The molecular formula is C32H47F5O2S. The molecule has 7 atom stereocenters. The average molecular weight is 591 g/mol. The van der Waals surface area contributed by atoms with Gasteiger partial charge in [-0.1, -0.05) is 74.5 Å². The monoisotopic (exact) mass is 590 g/mol. The second-order valence-electron chi connectivity index (χ2n) is 13.0. The summed E-state index contributed by atoms with van der Waals surface area (Å²) in [7, 11) is 0. The summed E-state index contributed by atoms with van der Waals surface area (Å²) in [5.74, 6) is -1.82. The molecule has 3 aliphatic carbocycles. The van der Waals surface area contributed by atoms with Crippen molar-refractivity contribution in [3.05, 3.63) is 35.4 Å².